The molecule has 1 aromatic heterocycles. The molecule has 1 N–H and O–H groups in total. The third-order valence-corrected chi connectivity index (χ3v) is 6.97. The fourth-order valence-electron chi connectivity index (χ4n) is 5.54. The molecule has 28 heavy (non-hydrogen) atoms. The van der Waals surface area contributed by atoms with Gasteiger partial charge in [0.15, 0.2) is 5.69 Å². The second-order valence-electron chi connectivity index (χ2n) is 8.51. The van der Waals surface area contributed by atoms with Gasteiger partial charge in [0, 0.05) is 36.6 Å². The van der Waals surface area contributed by atoms with Crippen molar-refractivity contribution in [3.63, 3.8) is 0 Å². The number of fused-ring (bicyclic) bond motifs is 2. The summed E-state index contributed by atoms with van der Waals surface area (Å²) in [5.74, 6) is 0.363. The van der Waals surface area contributed by atoms with Crippen LogP contribution >= 0.6 is 0 Å². The van der Waals surface area contributed by atoms with Crippen LogP contribution in [0.4, 0.5) is 4.39 Å². The normalized spacial score (nSPS) is 29.4. The molecule has 148 valence electrons. The molecule has 1 aliphatic heterocycles. The van der Waals surface area contributed by atoms with Gasteiger partial charge in [-0.05, 0) is 50.5 Å². The summed E-state index contributed by atoms with van der Waals surface area (Å²) in [6, 6.07) is 6.48. The van der Waals surface area contributed by atoms with Gasteiger partial charge in [-0.1, -0.05) is 23.4 Å². The summed E-state index contributed by atoms with van der Waals surface area (Å²) >= 11 is 0. The van der Waals surface area contributed by atoms with E-state index in [0.29, 0.717) is 30.8 Å². The van der Waals surface area contributed by atoms with Gasteiger partial charge < -0.3 is 14.5 Å². The Morgan fingerprint density at radius 2 is 2.04 bits per heavy atom. The quantitative estimate of drug-likeness (QED) is 0.861. The van der Waals surface area contributed by atoms with E-state index in [2.05, 4.69) is 5.16 Å². The smallest absolute Gasteiger partial charge is 0.276 e. The first kappa shape index (κ1) is 17.9. The van der Waals surface area contributed by atoms with Gasteiger partial charge in [0.1, 0.15) is 11.6 Å². The number of carbonyl (C=O) groups excluding carboxylic acids is 1. The van der Waals surface area contributed by atoms with Crippen LogP contribution in [0.3, 0.4) is 0 Å². The van der Waals surface area contributed by atoms with Gasteiger partial charge in [0.05, 0.1) is 5.60 Å². The molecule has 0 bridgehead atoms. The highest BCUT2D eigenvalue weighted by molar-refractivity contribution is 5.94. The molecule has 5 nitrogen and oxygen atoms in total. The number of aliphatic hydroxyl groups is 1. The van der Waals surface area contributed by atoms with E-state index in [1.165, 1.54) is 6.07 Å². The number of rotatable bonds is 2. The second-order valence-corrected chi connectivity index (χ2v) is 8.51. The summed E-state index contributed by atoms with van der Waals surface area (Å²) in [5.41, 5.74) is 0.517. The predicted molar refractivity (Wildman–Crippen MR) is 100 cm³/mol. The van der Waals surface area contributed by atoms with Crippen molar-refractivity contribution in [3.8, 4) is 0 Å². The molecule has 1 aromatic carbocycles. The van der Waals surface area contributed by atoms with Crippen molar-refractivity contribution in [2.24, 2.45) is 11.8 Å². The maximum absolute atomic E-state index is 14.5. The molecule has 1 saturated heterocycles. The Kier molecular flexibility index (Phi) is 4.27. The van der Waals surface area contributed by atoms with Crippen molar-refractivity contribution >= 4 is 5.91 Å². The van der Waals surface area contributed by atoms with E-state index in [1.807, 2.05) is 0 Å². The second kappa shape index (κ2) is 6.69. The fraction of sp³-hybridized carbons (Fsp3) is 0.545. The Morgan fingerprint density at radius 1 is 1.21 bits per heavy atom. The standard InChI is InChI=1S/C22H25FN2O3/c23-18-9-3-2-8-16(18)22(27)11-5-6-14-12-25(13-17(14)22)21(26)20-15-7-1-4-10-19(15)28-24-20/h2-3,8-9,14,17,27H,1,4-7,10-13H2/t14-,17-,22-/m0/s1. The molecule has 2 fully saturated rings. The fourth-order valence-corrected chi connectivity index (χ4v) is 5.54. The first-order valence-corrected chi connectivity index (χ1v) is 10.3. The Morgan fingerprint density at radius 3 is 2.89 bits per heavy atom. The van der Waals surface area contributed by atoms with E-state index >= 15 is 0 Å². The monoisotopic (exact) mass is 384 g/mol. The zero-order valence-corrected chi connectivity index (χ0v) is 15.9. The molecule has 6 heteroatoms. The number of aromatic nitrogens is 1. The lowest BCUT2D eigenvalue weighted by atomic mass is 9.67. The first-order chi connectivity index (χ1) is 13.6. The van der Waals surface area contributed by atoms with Crippen molar-refractivity contribution in [2.45, 2.75) is 50.5 Å². The van der Waals surface area contributed by atoms with Crippen LogP contribution in [0.25, 0.3) is 0 Å². The minimum absolute atomic E-state index is 0.114. The maximum Gasteiger partial charge on any atom is 0.276 e. The van der Waals surface area contributed by atoms with Gasteiger partial charge in [-0.2, -0.15) is 0 Å². The average molecular weight is 384 g/mol. The molecule has 0 unspecified atom stereocenters. The molecule has 2 aromatic rings. The minimum Gasteiger partial charge on any atom is -0.385 e. The van der Waals surface area contributed by atoms with Crippen LogP contribution in [-0.4, -0.2) is 34.2 Å². The topological polar surface area (TPSA) is 66.6 Å². The lowest BCUT2D eigenvalue weighted by Gasteiger charge is -2.41. The zero-order chi connectivity index (χ0) is 19.3. The average Bonchev–Trinajstić information content (AvgIpc) is 3.33. The molecule has 2 heterocycles. The van der Waals surface area contributed by atoms with Crippen LogP contribution in [0.5, 0.6) is 0 Å². The Bertz CT molecular complexity index is 911. The Balaban J connectivity index is 1.43. The number of hydrogen-bond acceptors (Lipinski definition) is 4. The van der Waals surface area contributed by atoms with E-state index in [-0.39, 0.29) is 23.6 Å². The molecule has 3 atom stereocenters. The van der Waals surface area contributed by atoms with Crippen LogP contribution in [0.15, 0.2) is 28.8 Å². The van der Waals surface area contributed by atoms with Crippen LogP contribution in [0, 0.1) is 17.7 Å². The maximum atomic E-state index is 14.5. The van der Waals surface area contributed by atoms with Crippen molar-refractivity contribution in [3.05, 3.63) is 52.7 Å². The third kappa shape index (κ3) is 2.69. The molecule has 1 amide bonds. The summed E-state index contributed by atoms with van der Waals surface area (Å²) in [5, 5.41) is 15.6. The van der Waals surface area contributed by atoms with Gasteiger partial charge in [0.25, 0.3) is 5.91 Å². The number of carbonyl (C=O) groups is 1. The van der Waals surface area contributed by atoms with E-state index in [0.717, 1.165) is 49.8 Å². The highest BCUT2D eigenvalue weighted by Gasteiger charge is 2.52. The van der Waals surface area contributed by atoms with Crippen LogP contribution in [0.1, 0.15) is 59.5 Å². The van der Waals surface area contributed by atoms with Crippen molar-refractivity contribution in [2.75, 3.05) is 13.1 Å². The van der Waals surface area contributed by atoms with Gasteiger partial charge in [-0.15, -0.1) is 0 Å². The number of amides is 1. The molecule has 0 radical (unpaired) electrons. The molecule has 2 aliphatic carbocycles. The molecule has 0 spiro atoms. The zero-order valence-electron chi connectivity index (χ0n) is 15.9. The number of nitrogens with zero attached hydrogens (tertiary/aromatic N) is 2. The van der Waals surface area contributed by atoms with E-state index in [9.17, 15) is 14.3 Å². The summed E-state index contributed by atoms with van der Waals surface area (Å²) in [7, 11) is 0. The number of hydrogen-bond donors (Lipinski definition) is 1. The van der Waals surface area contributed by atoms with Crippen LogP contribution < -0.4 is 0 Å². The number of likely N-dealkylation sites (tertiary alicyclic amines) is 1. The van der Waals surface area contributed by atoms with E-state index < -0.39 is 5.60 Å². The highest BCUT2D eigenvalue weighted by Crippen LogP contribution is 2.49. The third-order valence-electron chi connectivity index (χ3n) is 6.97. The number of benzene rings is 1. The van der Waals surface area contributed by atoms with Crippen LogP contribution in [-0.2, 0) is 18.4 Å². The van der Waals surface area contributed by atoms with Gasteiger partial charge in [0.2, 0.25) is 0 Å². The van der Waals surface area contributed by atoms with Crippen molar-refractivity contribution < 1.29 is 18.8 Å². The van der Waals surface area contributed by atoms with Crippen LogP contribution in [0.2, 0.25) is 0 Å². The Hall–Kier alpha value is -2.21. The summed E-state index contributed by atoms with van der Waals surface area (Å²) < 4.78 is 19.9. The summed E-state index contributed by atoms with van der Waals surface area (Å²) in [6.07, 6.45) is 6.09. The van der Waals surface area contributed by atoms with Gasteiger partial charge >= 0.3 is 0 Å². The van der Waals surface area contributed by atoms with Crippen molar-refractivity contribution in [1.29, 1.82) is 0 Å². The molecular weight excluding hydrogens is 359 g/mol. The summed E-state index contributed by atoms with van der Waals surface area (Å²) in [6.45, 7) is 1.01. The van der Waals surface area contributed by atoms with Gasteiger partial charge in [-0.25, -0.2) is 4.39 Å². The largest absolute Gasteiger partial charge is 0.385 e. The number of aryl methyl sites for hydroxylation is 1. The minimum atomic E-state index is -1.23. The van der Waals surface area contributed by atoms with E-state index in [4.69, 9.17) is 4.52 Å². The summed E-state index contributed by atoms with van der Waals surface area (Å²) in [4.78, 5) is 15.0. The predicted octanol–water partition coefficient (Wildman–Crippen LogP) is 3.45. The van der Waals surface area contributed by atoms with Gasteiger partial charge in [-0.3, -0.25) is 4.79 Å². The lowest BCUT2D eigenvalue weighted by molar-refractivity contribution is -0.0668. The SMILES string of the molecule is O=C(c1noc2c1CCCC2)N1C[C@@H]2CCC[C@](O)(c3ccccc3F)[C@H]2C1. The van der Waals surface area contributed by atoms with Crippen molar-refractivity contribution in [1.82, 2.24) is 10.1 Å². The van der Waals surface area contributed by atoms with E-state index in [1.54, 1.807) is 23.1 Å². The first-order valence-electron chi connectivity index (χ1n) is 10.3. The molecule has 3 aliphatic rings. The Labute approximate surface area is 163 Å². The number of halogens is 1. The lowest BCUT2D eigenvalue weighted by Crippen LogP contribution is -2.43. The highest BCUT2D eigenvalue weighted by atomic mass is 19.1. The molecule has 1 saturated carbocycles. The molecular formula is C22H25FN2O3. The molecule has 5 rings (SSSR count).